The van der Waals surface area contributed by atoms with E-state index in [1.807, 2.05) is 30.3 Å². The Kier molecular flexibility index (Phi) is 9.32. The highest BCUT2D eigenvalue weighted by molar-refractivity contribution is 5.85. The lowest BCUT2D eigenvalue weighted by atomic mass is 10.1. The first-order valence-electron chi connectivity index (χ1n) is 11.7. The van der Waals surface area contributed by atoms with Gasteiger partial charge in [-0.05, 0) is 72.1 Å². The number of hydrogen-bond acceptors (Lipinski definition) is 2. The molecule has 0 unspecified atom stereocenters. The van der Waals surface area contributed by atoms with E-state index in [1.165, 1.54) is 42.9 Å². The van der Waals surface area contributed by atoms with Gasteiger partial charge in [0.05, 0.1) is 13.2 Å². The number of ether oxygens (including phenoxy) is 2. The Labute approximate surface area is 187 Å². The Morgan fingerprint density at radius 2 is 1.10 bits per heavy atom. The molecule has 3 rings (SSSR count). The van der Waals surface area contributed by atoms with Gasteiger partial charge in [0.25, 0.3) is 0 Å². The molecule has 0 N–H and O–H groups in total. The predicted octanol–water partition coefficient (Wildman–Crippen LogP) is 7.77. The molecule has 0 heterocycles. The molecule has 0 radical (unpaired) electrons. The molecule has 3 aromatic carbocycles. The summed E-state index contributed by atoms with van der Waals surface area (Å²) in [6.07, 6.45) is 8.41. The maximum absolute atomic E-state index is 5.86. The molecule has 162 valence electrons. The highest BCUT2D eigenvalue weighted by Gasteiger charge is 1.99. The van der Waals surface area contributed by atoms with Crippen molar-refractivity contribution in [1.29, 1.82) is 0 Å². The topological polar surface area (TPSA) is 18.5 Å². The molecule has 0 saturated heterocycles. The van der Waals surface area contributed by atoms with Gasteiger partial charge < -0.3 is 9.47 Å². The zero-order valence-corrected chi connectivity index (χ0v) is 19.0. The summed E-state index contributed by atoms with van der Waals surface area (Å²) in [5.41, 5.74) is 2.01. The summed E-state index contributed by atoms with van der Waals surface area (Å²) < 4.78 is 11.7. The normalized spacial score (nSPS) is 10.5. The second-order valence-corrected chi connectivity index (χ2v) is 7.96. The first kappa shape index (κ1) is 22.8. The Morgan fingerprint density at radius 3 is 1.87 bits per heavy atom. The Morgan fingerprint density at radius 1 is 0.548 bits per heavy atom. The first-order valence-corrected chi connectivity index (χ1v) is 11.7. The SMILES string of the molecule is CCCCCCOc1ccc(C#Cc2ccc3cc(OCCCCC)ccc3c2)cc1. The van der Waals surface area contributed by atoms with E-state index in [1.54, 1.807) is 0 Å². The molecule has 0 amide bonds. The van der Waals surface area contributed by atoms with E-state index < -0.39 is 0 Å². The van der Waals surface area contributed by atoms with Gasteiger partial charge in [0, 0.05) is 11.1 Å². The van der Waals surface area contributed by atoms with E-state index in [0.29, 0.717) is 0 Å². The fourth-order valence-electron chi connectivity index (χ4n) is 3.43. The number of fused-ring (bicyclic) bond motifs is 1. The molecule has 0 aliphatic carbocycles. The van der Waals surface area contributed by atoms with Crippen molar-refractivity contribution in [2.45, 2.75) is 58.8 Å². The summed E-state index contributed by atoms with van der Waals surface area (Å²) in [7, 11) is 0. The average molecular weight is 415 g/mol. The van der Waals surface area contributed by atoms with Gasteiger partial charge in [0.2, 0.25) is 0 Å². The molecule has 2 nitrogen and oxygen atoms in total. The van der Waals surface area contributed by atoms with Gasteiger partial charge in [-0.1, -0.05) is 69.9 Å². The van der Waals surface area contributed by atoms with Crippen LogP contribution in [0.15, 0.2) is 60.7 Å². The zero-order chi connectivity index (χ0) is 21.7. The Hall–Kier alpha value is -2.92. The summed E-state index contributed by atoms with van der Waals surface area (Å²) in [5, 5.41) is 2.36. The van der Waals surface area contributed by atoms with Gasteiger partial charge in [0.1, 0.15) is 11.5 Å². The Bertz CT molecular complexity index is 993. The lowest BCUT2D eigenvalue weighted by Crippen LogP contribution is -1.97. The van der Waals surface area contributed by atoms with Gasteiger partial charge in [-0.2, -0.15) is 0 Å². The summed E-state index contributed by atoms with van der Waals surface area (Å²) in [6.45, 7) is 6.00. The number of unbranched alkanes of at least 4 members (excludes halogenated alkanes) is 5. The number of hydrogen-bond donors (Lipinski definition) is 0. The molecule has 2 heteroatoms. The third kappa shape index (κ3) is 7.68. The van der Waals surface area contributed by atoms with E-state index in [4.69, 9.17) is 9.47 Å². The van der Waals surface area contributed by atoms with E-state index in [9.17, 15) is 0 Å². The van der Waals surface area contributed by atoms with Crippen LogP contribution in [0.4, 0.5) is 0 Å². The van der Waals surface area contributed by atoms with Crippen LogP contribution in [0, 0.1) is 11.8 Å². The van der Waals surface area contributed by atoms with Crippen molar-refractivity contribution in [3.63, 3.8) is 0 Å². The third-order valence-electron chi connectivity index (χ3n) is 5.30. The minimum absolute atomic E-state index is 0.783. The van der Waals surface area contributed by atoms with Gasteiger partial charge in [-0.3, -0.25) is 0 Å². The fourth-order valence-corrected chi connectivity index (χ4v) is 3.43. The smallest absolute Gasteiger partial charge is 0.119 e. The highest BCUT2D eigenvalue weighted by Crippen LogP contribution is 2.22. The molecule has 0 aliphatic heterocycles. The van der Waals surface area contributed by atoms with Crippen molar-refractivity contribution >= 4 is 10.8 Å². The predicted molar refractivity (Wildman–Crippen MR) is 131 cm³/mol. The molecule has 0 bridgehead atoms. The third-order valence-corrected chi connectivity index (χ3v) is 5.30. The average Bonchev–Trinajstić information content (AvgIpc) is 2.81. The minimum Gasteiger partial charge on any atom is -0.494 e. The summed E-state index contributed by atoms with van der Waals surface area (Å²) in [4.78, 5) is 0. The van der Waals surface area contributed by atoms with Gasteiger partial charge in [-0.15, -0.1) is 0 Å². The minimum atomic E-state index is 0.783. The summed E-state index contributed by atoms with van der Waals surface area (Å²) in [5.74, 6) is 8.39. The monoisotopic (exact) mass is 414 g/mol. The number of rotatable bonds is 11. The van der Waals surface area contributed by atoms with Crippen molar-refractivity contribution in [2.24, 2.45) is 0 Å². The molecule has 0 aromatic heterocycles. The van der Waals surface area contributed by atoms with E-state index in [0.717, 1.165) is 48.7 Å². The molecule has 31 heavy (non-hydrogen) atoms. The van der Waals surface area contributed by atoms with Crippen LogP contribution < -0.4 is 9.47 Å². The molecule has 0 aliphatic rings. The Balaban J connectivity index is 1.56. The van der Waals surface area contributed by atoms with Crippen LogP contribution in [0.1, 0.15) is 69.9 Å². The van der Waals surface area contributed by atoms with E-state index in [-0.39, 0.29) is 0 Å². The van der Waals surface area contributed by atoms with Crippen LogP contribution in [0.5, 0.6) is 11.5 Å². The fraction of sp³-hybridized carbons (Fsp3) is 0.379. The second kappa shape index (κ2) is 12.7. The van der Waals surface area contributed by atoms with Crippen molar-refractivity contribution in [2.75, 3.05) is 13.2 Å². The first-order chi connectivity index (χ1) is 15.3. The van der Waals surface area contributed by atoms with Crippen molar-refractivity contribution in [3.8, 4) is 23.3 Å². The molecule has 0 atom stereocenters. The molecular weight excluding hydrogens is 380 g/mol. The van der Waals surface area contributed by atoms with Crippen molar-refractivity contribution in [3.05, 3.63) is 71.8 Å². The summed E-state index contributed by atoms with van der Waals surface area (Å²) >= 11 is 0. The van der Waals surface area contributed by atoms with E-state index in [2.05, 4.69) is 56.0 Å². The number of benzene rings is 3. The maximum atomic E-state index is 5.86. The molecule has 0 saturated carbocycles. The molecule has 0 fully saturated rings. The largest absolute Gasteiger partial charge is 0.494 e. The van der Waals surface area contributed by atoms with Gasteiger partial charge >= 0.3 is 0 Å². The zero-order valence-electron chi connectivity index (χ0n) is 19.0. The molecular formula is C29H34O2. The molecule has 3 aromatic rings. The second-order valence-electron chi connectivity index (χ2n) is 7.96. The van der Waals surface area contributed by atoms with E-state index >= 15 is 0 Å². The summed E-state index contributed by atoms with van der Waals surface area (Å²) in [6, 6.07) is 20.7. The van der Waals surface area contributed by atoms with Crippen LogP contribution >= 0.6 is 0 Å². The van der Waals surface area contributed by atoms with Crippen molar-refractivity contribution in [1.82, 2.24) is 0 Å². The van der Waals surface area contributed by atoms with Gasteiger partial charge in [0.15, 0.2) is 0 Å². The lowest BCUT2D eigenvalue weighted by molar-refractivity contribution is 0.305. The standard InChI is InChI=1S/C29H34O2/c1-3-5-7-9-21-30-28-17-13-24(14-18-28)10-11-25-12-15-27-23-29(19-16-26(27)22-25)31-20-8-6-4-2/h12-19,22-23H,3-9,20-21H2,1-2H3. The highest BCUT2D eigenvalue weighted by atomic mass is 16.5. The molecule has 0 spiro atoms. The van der Waals surface area contributed by atoms with Crippen LogP contribution in [0.25, 0.3) is 10.8 Å². The van der Waals surface area contributed by atoms with Crippen LogP contribution in [0.2, 0.25) is 0 Å². The quantitative estimate of drug-likeness (QED) is 0.236. The maximum Gasteiger partial charge on any atom is 0.119 e. The van der Waals surface area contributed by atoms with Gasteiger partial charge in [-0.25, -0.2) is 0 Å². The van der Waals surface area contributed by atoms with Crippen LogP contribution in [-0.4, -0.2) is 13.2 Å². The van der Waals surface area contributed by atoms with Crippen LogP contribution in [0.3, 0.4) is 0 Å². The van der Waals surface area contributed by atoms with Crippen LogP contribution in [-0.2, 0) is 0 Å². The lowest BCUT2D eigenvalue weighted by Gasteiger charge is -2.07. The van der Waals surface area contributed by atoms with Crippen molar-refractivity contribution < 1.29 is 9.47 Å².